The molecule has 0 aliphatic carbocycles. The molecule has 4 nitrogen and oxygen atoms in total. The topological polar surface area (TPSA) is 45.5 Å². The first-order valence-corrected chi connectivity index (χ1v) is 8.29. The van der Waals surface area contributed by atoms with Crippen molar-refractivity contribution in [1.29, 1.82) is 0 Å². The van der Waals surface area contributed by atoms with Gasteiger partial charge < -0.3 is 14.6 Å². The standard InChI is InChI=1S/C17H28N2O2/c1-3-5-14-6-9-17(20)19(11-10-14)13-16-8-7-15(21-16)12-18-4-2/h7-8,14,18H,3-6,9-13H2,1-2H3. The van der Waals surface area contributed by atoms with Gasteiger partial charge in [0.2, 0.25) is 5.91 Å². The van der Waals surface area contributed by atoms with E-state index in [0.29, 0.717) is 18.9 Å². The zero-order valence-electron chi connectivity index (χ0n) is 13.4. The summed E-state index contributed by atoms with van der Waals surface area (Å²) in [5.74, 6) is 2.83. The zero-order valence-corrected chi connectivity index (χ0v) is 13.4. The monoisotopic (exact) mass is 292 g/mol. The molecule has 1 saturated heterocycles. The van der Waals surface area contributed by atoms with Crippen molar-refractivity contribution in [3.05, 3.63) is 23.7 Å². The van der Waals surface area contributed by atoms with E-state index in [-0.39, 0.29) is 5.91 Å². The summed E-state index contributed by atoms with van der Waals surface area (Å²) in [7, 11) is 0. The second kappa shape index (κ2) is 8.23. The van der Waals surface area contributed by atoms with Crippen molar-refractivity contribution in [1.82, 2.24) is 10.2 Å². The largest absolute Gasteiger partial charge is 0.463 e. The molecule has 1 aromatic rings. The Morgan fingerprint density at radius 1 is 1.29 bits per heavy atom. The molecule has 1 aliphatic heterocycles. The van der Waals surface area contributed by atoms with E-state index >= 15 is 0 Å². The smallest absolute Gasteiger partial charge is 0.222 e. The number of hydrogen-bond acceptors (Lipinski definition) is 3. The molecule has 1 aliphatic rings. The number of furan rings is 1. The summed E-state index contributed by atoms with van der Waals surface area (Å²) in [6.45, 7) is 7.46. The summed E-state index contributed by atoms with van der Waals surface area (Å²) >= 11 is 0. The van der Waals surface area contributed by atoms with Crippen molar-refractivity contribution in [3.8, 4) is 0 Å². The molecule has 0 radical (unpaired) electrons. The maximum Gasteiger partial charge on any atom is 0.222 e. The molecular formula is C17H28N2O2. The average Bonchev–Trinajstić information content (AvgIpc) is 2.86. The fraction of sp³-hybridized carbons (Fsp3) is 0.706. The first kappa shape index (κ1) is 16.1. The number of hydrogen-bond donors (Lipinski definition) is 1. The molecule has 118 valence electrons. The molecule has 21 heavy (non-hydrogen) atoms. The van der Waals surface area contributed by atoms with Crippen molar-refractivity contribution in [3.63, 3.8) is 0 Å². The Balaban J connectivity index is 1.89. The molecule has 0 bridgehead atoms. The molecule has 4 heteroatoms. The minimum Gasteiger partial charge on any atom is -0.463 e. The van der Waals surface area contributed by atoms with Gasteiger partial charge in [0, 0.05) is 13.0 Å². The van der Waals surface area contributed by atoms with E-state index in [0.717, 1.165) is 44.0 Å². The number of likely N-dealkylation sites (tertiary alicyclic amines) is 1. The Morgan fingerprint density at radius 3 is 2.86 bits per heavy atom. The lowest BCUT2D eigenvalue weighted by Crippen LogP contribution is -2.29. The van der Waals surface area contributed by atoms with Gasteiger partial charge in [-0.3, -0.25) is 4.79 Å². The highest BCUT2D eigenvalue weighted by Gasteiger charge is 2.22. The van der Waals surface area contributed by atoms with Gasteiger partial charge in [0.1, 0.15) is 11.5 Å². The van der Waals surface area contributed by atoms with Crippen molar-refractivity contribution in [2.45, 2.75) is 59.0 Å². The molecule has 2 heterocycles. The highest BCUT2D eigenvalue weighted by Crippen LogP contribution is 2.24. The lowest BCUT2D eigenvalue weighted by Gasteiger charge is -2.19. The van der Waals surface area contributed by atoms with Gasteiger partial charge in [0.15, 0.2) is 0 Å². The van der Waals surface area contributed by atoms with E-state index in [4.69, 9.17) is 4.42 Å². The van der Waals surface area contributed by atoms with E-state index in [1.54, 1.807) is 0 Å². The van der Waals surface area contributed by atoms with Crippen LogP contribution in [0.5, 0.6) is 0 Å². The number of amides is 1. The van der Waals surface area contributed by atoms with Gasteiger partial charge >= 0.3 is 0 Å². The molecule has 1 N–H and O–H groups in total. The third-order valence-corrected chi connectivity index (χ3v) is 4.24. The summed E-state index contributed by atoms with van der Waals surface area (Å²) in [6.07, 6.45) is 5.33. The Morgan fingerprint density at radius 2 is 2.10 bits per heavy atom. The molecular weight excluding hydrogens is 264 g/mol. The third-order valence-electron chi connectivity index (χ3n) is 4.24. The normalized spacial score (nSPS) is 19.8. The fourth-order valence-electron chi connectivity index (χ4n) is 3.00. The Hall–Kier alpha value is -1.29. The second-order valence-corrected chi connectivity index (χ2v) is 5.95. The minimum atomic E-state index is 0.276. The summed E-state index contributed by atoms with van der Waals surface area (Å²) in [6, 6.07) is 3.99. The molecule has 2 rings (SSSR count). The maximum absolute atomic E-state index is 12.2. The first-order chi connectivity index (χ1) is 10.2. The zero-order chi connectivity index (χ0) is 15.1. The Labute approximate surface area is 127 Å². The predicted molar refractivity (Wildman–Crippen MR) is 83.8 cm³/mol. The van der Waals surface area contributed by atoms with Crippen LogP contribution in [0, 0.1) is 5.92 Å². The number of carbonyl (C=O) groups is 1. The van der Waals surface area contributed by atoms with Gasteiger partial charge in [-0.05, 0) is 37.4 Å². The lowest BCUT2D eigenvalue weighted by molar-refractivity contribution is -0.131. The van der Waals surface area contributed by atoms with Crippen molar-refractivity contribution in [2.24, 2.45) is 5.92 Å². The summed E-state index contributed by atoms with van der Waals surface area (Å²) < 4.78 is 5.80. The number of rotatable bonds is 7. The molecule has 0 aromatic carbocycles. The van der Waals surface area contributed by atoms with E-state index in [1.165, 1.54) is 12.8 Å². The van der Waals surface area contributed by atoms with E-state index in [1.807, 2.05) is 17.0 Å². The quantitative estimate of drug-likeness (QED) is 0.838. The van der Waals surface area contributed by atoms with Gasteiger partial charge in [0.05, 0.1) is 13.1 Å². The van der Waals surface area contributed by atoms with Crippen LogP contribution < -0.4 is 5.32 Å². The van der Waals surface area contributed by atoms with Crippen LogP contribution in [0.4, 0.5) is 0 Å². The van der Waals surface area contributed by atoms with Crippen LogP contribution >= 0.6 is 0 Å². The van der Waals surface area contributed by atoms with Crippen LogP contribution in [-0.4, -0.2) is 23.9 Å². The Kier molecular flexibility index (Phi) is 6.30. The van der Waals surface area contributed by atoms with Crippen LogP contribution in [0.25, 0.3) is 0 Å². The van der Waals surface area contributed by atoms with Gasteiger partial charge in [-0.1, -0.05) is 26.7 Å². The van der Waals surface area contributed by atoms with Gasteiger partial charge in [-0.25, -0.2) is 0 Å². The van der Waals surface area contributed by atoms with E-state index < -0.39 is 0 Å². The van der Waals surface area contributed by atoms with E-state index in [2.05, 4.69) is 19.2 Å². The number of nitrogens with one attached hydrogen (secondary N) is 1. The molecule has 0 spiro atoms. The molecule has 0 saturated carbocycles. The SMILES string of the molecule is CCCC1CCC(=O)N(Cc2ccc(CNCC)o2)CC1. The molecule has 1 atom stereocenters. The van der Waals surface area contributed by atoms with Crippen molar-refractivity contribution in [2.75, 3.05) is 13.1 Å². The summed E-state index contributed by atoms with van der Waals surface area (Å²) in [5.41, 5.74) is 0. The highest BCUT2D eigenvalue weighted by atomic mass is 16.3. The highest BCUT2D eigenvalue weighted by molar-refractivity contribution is 5.76. The average molecular weight is 292 g/mol. The van der Waals surface area contributed by atoms with Gasteiger partial charge in [-0.2, -0.15) is 0 Å². The van der Waals surface area contributed by atoms with Crippen LogP contribution in [0.15, 0.2) is 16.5 Å². The van der Waals surface area contributed by atoms with E-state index in [9.17, 15) is 4.79 Å². The third kappa shape index (κ3) is 4.88. The first-order valence-electron chi connectivity index (χ1n) is 8.29. The minimum absolute atomic E-state index is 0.276. The molecule has 1 unspecified atom stereocenters. The van der Waals surface area contributed by atoms with Crippen LogP contribution in [0.3, 0.4) is 0 Å². The van der Waals surface area contributed by atoms with Crippen LogP contribution in [0.1, 0.15) is 57.5 Å². The summed E-state index contributed by atoms with van der Waals surface area (Å²) in [4.78, 5) is 14.2. The van der Waals surface area contributed by atoms with Gasteiger partial charge in [-0.15, -0.1) is 0 Å². The van der Waals surface area contributed by atoms with Crippen LogP contribution in [0.2, 0.25) is 0 Å². The summed E-state index contributed by atoms with van der Waals surface area (Å²) in [5, 5.41) is 3.25. The number of carbonyl (C=O) groups excluding carboxylic acids is 1. The predicted octanol–water partition coefficient (Wildman–Crippen LogP) is 3.32. The molecule has 1 fully saturated rings. The van der Waals surface area contributed by atoms with Gasteiger partial charge in [0.25, 0.3) is 0 Å². The lowest BCUT2D eigenvalue weighted by atomic mass is 9.96. The number of nitrogens with zero attached hydrogens (tertiary/aromatic N) is 1. The second-order valence-electron chi connectivity index (χ2n) is 5.95. The maximum atomic E-state index is 12.2. The van der Waals surface area contributed by atoms with Crippen LogP contribution in [-0.2, 0) is 17.9 Å². The molecule has 1 aromatic heterocycles. The Bertz CT molecular complexity index is 442. The fourth-order valence-corrected chi connectivity index (χ4v) is 3.00. The van der Waals surface area contributed by atoms with Crippen molar-refractivity contribution < 1.29 is 9.21 Å². The molecule has 1 amide bonds. The van der Waals surface area contributed by atoms with Crippen molar-refractivity contribution >= 4 is 5.91 Å².